The zero-order valence-electron chi connectivity index (χ0n) is 21.8. The van der Waals surface area contributed by atoms with Gasteiger partial charge in [0.15, 0.2) is 17.4 Å². The van der Waals surface area contributed by atoms with Crippen LogP contribution in [0.15, 0.2) is 42.7 Å². The second-order valence-corrected chi connectivity index (χ2v) is 10.2. The first-order valence-electron chi connectivity index (χ1n) is 12.9. The molecule has 10 heteroatoms. The number of rotatable bonds is 5. The number of likely N-dealkylation sites (N-methyl/N-ethyl adjacent to an activating group) is 1. The zero-order chi connectivity index (χ0) is 26.4. The minimum absolute atomic E-state index is 0.0272. The molecule has 1 saturated heterocycles. The maximum Gasteiger partial charge on any atom is 0.227 e. The third-order valence-electron chi connectivity index (χ3n) is 7.31. The molecule has 0 atom stereocenters. The van der Waals surface area contributed by atoms with E-state index in [0.717, 1.165) is 54.7 Å². The van der Waals surface area contributed by atoms with Crippen LogP contribution in [0, 0.1) is 11.6 Å². The number of aromatic amines is 1. The van der Waals surface area contributed by atoms with E-state index in [9.17, 15) is 4.39 Å². The zero-order valence-corrected chi connectivity index (χ0v) is 21.8. The number of piperazine rings is 1. The van der Waals surface area contributed by atoms with Crippen molar-refractivity contribution in [3.63, 3.8) is 0 Å². The van der Waals surface area contributed by atoms with Crippen molar-refractivity contribution in [1.29, 1.82) is 0 Å². The first-order valence-corrected chi connectivity index (χ1v) is 12.9. The van der Waals surface area contributed by atoms with Crippen molar-refractivity contribution in [2.75, 3.05) is 61.5 Å². The number of fused-ring (bicyclic) bond motifs is 2. The Morgan fingerprint density at radius 2 is 1.82 bits per heavy atom. The molecule has 1 fully saturated rings. The fourth-order valence-electron chi connectivity index (χ4n) is 5.23. The predicted molar refractivity (Wildman–Crippen MR) is 147 cm³/mol. The standard InChI is InChI=1S/C28H31F2N7O/c1-17(2)37-10-11-38-27-21(29)12-18(13-24(27)37)26-22(30)15-32-28(34-26)33-19-4-5-23-20(14-19)25(16-31-23)36-8-6-35(3)7-9-36/h4-5,12-17,31H,6-11H2,1-3H3,(H,32,33,34). The molecule has 2 aliphatic heterocycles. The lowest BCUT2D eigenvalue weighted by Gasteiger charge is -2.34. The maximum atomic E-state index is 15.0. The van der Waals surface area contributed by atoms with Crippen LogP contribution in [0.25, 0.3) is 22.2 Å². The van der Waals surface area contributed by atoms with Gasteiger partial charge in [0.2, 0.25) is 5.95 Å². The lowest BCUT2D eigenvalue weighted by molar-refractivity contribution is 0.287. The summed E-state index contributed by atoms with van der Waals surface area (Å²) in [6.45, 7) is 9.04. The van der Waals surface area contributed by atoms with E-state index in [4.69, 9.17) is 4.74 Å². The molecule has 2 aromatic carbocycles. The van der Waals surface area contributed by atoms with E-state index in [1.54, 1.807) is 6.07 Å². The van der Waals surface area contributed by atoms with Crippen molar-refractivity contribution in [3.05, 3.63) is 54.4 Å². The lowest BCUT2D eigenvalue weighted by atomic mass is 10.1. The number of hydrogen-bond acceptors (Lipinski definition) is 7. The predicted octanol–water partition coefficient (Wildman–Crippen LogP) is 5.01. The maximum absolute atomic E-state index is 15.0. The molecular weight excluding hydrogens is 488 g/mol. The van der Waals surface area contributed by atoms with Gasteiger partial charge in [0.05, 0.1) is 24.1 Å². The van der Waals surface area contributed by atoms with Gasteiger partial charge in [-0.15, -0.1) is 0 Å². The van der Waals surface area contributed by atoms with Gasteiger partial charge in [0.25, 0.3) is 0 Å². The number of aromatic nitrogens is 3. The Balaban J connectivity index is 1.31. The summed E-state index contributed by atoms with van der Waals surface area (Å²) in [7, 11) is 2.14. The summed E-state index contributed by atoms with van der Waals surface area (Å²) in [5.41, 5.74) is 3.92. The molecule has 4 aromatic rings. The van der Waals surface area contributed by atoms with Gasteiger partial charge in [-0.2, -0.15) is 0 Å². The van der Waals surface area contributed by atoms with Crippen LogP contribution in [-0.4, -0.2) is 72.3 Å². The topological polar surface area (TPSA) is 72.6 Å². The van der Waals surface area contributed by atoms with Crippen LogP contribution in [0.3, 0.4) is 0 Å². The van der Waals surface area contributed by atoms with E-state index < -0.39 is 11.6 Å². The highest BCUT2D eigenvalue weighted by atomic mass is 19.1. The molecule has 0 radical (unpaired) electrons. The average Bonchev–Trinajstić information content (AvgIpc) is 3.33. The summed E-state index contributed by atoms with van der Waals surface area (Å²) < 4.78 is 35.5. The second kappa shape index (κ2) is 9.75. The summed E-state index contributed by atoms with van der Waals surface area (Å²) in [6, 6.07) is 9.12. The number of H-pyrrole nitrogens is 1. The molecule has 0 saturated carbocycles. The highest BCUT2D eigenvalue weighted by Crippen LogP contribution is 2.39. The van der Waals surface area contributed by atoms with Gasteiger partial charge in [0, 0.05) is 60.6 Å². The Morgan fingerprint density at radius 3 is 2.61 bits per heavy atom. The average molecular weight is 520 g/mol. The molecular formula is C28H31F2N7O. The van der Waals surface area contributed by atoms with E-state index in [1.807, 2.05) is 43.1 Å². The number of anilines is 4. The van der Waals surface area contributed by atoms with Crippen LogP contribution in [-0.2, 0) is 0 Å². The molecule has 0 amide bonds. The number of halogens is 2. The summed E-state index contributed by atoms with van der Waals surface area (Å²) in [5.74, 6) is -0.740. The second-order valence-electron chi connectivity index (χ2n) is 10.2. The third-order valence-corrected chi connectivity index (χ3v) is 7.31. The highest BCUT2D eigenvalue weighted by molar-refractivity contribution is 5.95. The van der Waals surface area contributed by atoms with Crippen LogP contribution in [0.5, 0.6) is 5.75 Å². The molecule has 0 unspecified atom stereocenters. The van der Waals surface area contributed by atoms with Crippen molar-refractivity contribution in [1.82, 2.24) is 19.9 Å². The summed E-state index contributed by atoms with van der Waals surface area (Å²) in [6.07, 6.45) is 3.16. The van der Waals surface area contributed by atoms with Gasteiger partial charge in [-0.1, -0.05) is 0 Å². The van der Waals surface area contributed by atoms with Gasteiger partial charge in [-0.05, 0) is 51.2 Å². The number of nitrogens with zero attached hydrogens (tertiary/aromatic N) is 5. The molecule has 0 bridgehead atoms. The van der Waals surface area contributed by atoms with Crippen molar-refractivity contribution >= 4 is 33.9 Å². The van der Waals surface area contributed by atoms with Crippen molar-refractivity contribution in [2.45, 2.75) is 19.9 Å². The van der Waals surface area contributed by atoms with Crippen LogP contribution in [0.4, 0.5) is 31.8 Å². The quantitative estimate of drug-likeness (QED) is 0.384. The summed E-state index contributed by atoms with van der Waals surface area (Å²) in [4.78, 5) is 18.7. The molecule has 198 valence electrons. The molecule has 6 rings (SSSR count). The number of hydrogen-bond donors (Lipinski definition) is 2. The molecule has 0 spiro atoms. The van der Waals surface area contributed by atoms with Crippen molar-refractivity contribution < 1.29 is 13.5 Å². The van der Waals surface area contributed by atoms with Gasteiger partial charge >= 0.3 is 0 Å². The van der Waals surface area contributed by atoms with E-state index in [1.165, 1.54) is 6.07 Å². The molecule has 2 aliphatic rings. The fourth-order valence-corrected chi connectivity index (χ4v) is 5.23. The Hall–Kier alpha value is -3.92. The SMILES string of the molecule is CC(C)N1CCOc2c(F)cc(-c3nc(Nc4ccc5[nH]cc(N6CCN(C)CC6)c5c4)ncc3F)cc21. The largest absolute Gasteiger partial charge is 0.486 e. The Labute approximate surface area is 220 Å². The summed E-state index contributed by atoms with van der Waals surface area (Å²) >= 11 is 0. The Bertz CT molecular complexity index is 1480. The van der Waals surface area contributed by atoms with Crippen LogP contribution in [0.1, 0.15) is 13.8 Å². The minimum atomic E-state index is -0.624. The summed E-state index contributed by atoms with van der Waals surface area (Å²) in [5, 5.41) is 4.30. The first kappa shape index (κ1) is 24.4. The number of benzene rings is 2. The molecule has 2 aromatic heterocycles. The number of ether oxygens (including phenoxy) is 1. The lowest BCUT2D eigenvalue weighted by Crippen LogP contribution is -2.44. The minimum Gasteiger partial charge on any atom is -0.486 e. The van der Waals surface area contributed by atoms with E-state index in [-0.39, 0.29) is 23.4 Å². The molecule has 2 N–H and O–H groups in total. The van der Waals surface area contributed by atoms with Gasteiger partial charge in [-0.25, -0.2) is 18.7 Å². The van der Waals surface area contributed by atoms with Gasteiger partial charge < -0.3 is 29.7 Å². The van der Waals surface area contributed by atoms with E-state index in [2.05, 4.69) is 37.1 Å². The van der Waals surface area contributed by atoms with Crippen molar-refractivity contribution in [3.8, 4) is 17.0 Å². The van der Waals surface area contributed by atoms with Crippen LogP contribution < -0.4 is 19.9 Å². The van der Waals surface area contributed by atoms with E-state index >= 15 is 4.39 Å². The highest BCUT2D eigenvalue weighted by Gasteiger charge is 2.26. The number of nitrogens with one attached hydrogen (secondary N) is 2. The molecule has 38 heavy (non-hydrogen) atoms. The van der Waals surface area contributed by atoms with E-state index in [0.29, 0.717) is 24.4 Å². The van der Waals surface area contributed by atoms with Gasteiger partial charge in [-0.3, -0.25) is 0 Å². The smallest absolute Gasteiger partial charge is 0.227 e. The van der Waals surface area contributed by atoms with Gasteiger partial charge in [0.1, 0.15) is 12.3 Å². The molecule has 8 nitrogen and oxygen atoms in total. The Kier molecular flexibility index (Phi) is 6.27. The fraction of sp³-hybridized carbons (Fsp3) is 0.357. The molecule has 0 aliphatic carbocycles. The van der Waals surface area contributed by atoms with Crippen molar-refractivity contribution in [2.24, 2.45) is 0 Å². The Morgan fingerprint density at radius 1 is 1.00 bits per heavy atom. The monoisotopic (exact) mass is 519 g/mol. The van der Waals surface area contributed by atoms with Crippen LogP contribution >= 0.6 is 0 Å². The third kappa shape index (κ3) is 4.49. The van der Waals surface area contributed by atoms with Crippen LogP contribution in [0.2, 0.25) is 0 Å². The normalized spacial score (nSPS) is 16.2. The first-order chi connectivity index (χ1) is 18.4. The molecule has 4 heterocycles.